The van der Waals surface area contributed by atoms with Crippen molar-refractivity contribution in [3.63, 3.8) is 0 Å². The molecule has 0 aliphatic carbocycles. The van der Waals surface area contributed by atoms with Crippen molar-refractivity contribution >= 4 is 22.5 Å². The van der Waals surface area contributed by atoms with E-state index in [4.69, 9.17) is 0 Å². The topological polar surface area (TPSA) is 98.0 Å². The predicted molar refractivity (Wildman–Crippen MR) is 124 cm³/mol. The second-order valence-corrected chi connectivity index (χ2v) is 8.60. The van der Waals surface area contributed by atoms with Gasteiger partial charge < -0.3 is 15.7 Å². The number of rotatable bonds is 7. The third-order valence-corrected chi connectivity index (χ3v) is 5.08. The molecule has 1 amide bonds. The van der Waals surface area contributed by atoms with E-state index in [1.807, 2.05) is 44.2 Å². The highest BCUT2D eigenvalue weighted by atomic mass is 19.1. The van der Waals surface area contributed by atoms with Crippen LogP contribution in [0.15, 0.2) is 48.7 Å². The number of aromatic nitrogens is 1. The zero-order valence-electron chi connectivity index (χ0n) is 18.6. The molecule has 0 saturated carbocycles. The number of alkyl halides is 1. The molecule has 32 heavy (non-hydrogen) atoms. The van der Waals surface area contributed by atoms with Gasteiger partial charge in [0.1, 0.15) is 6.17 Å². The van der Waals surface area contributed by atoms with E-state index in [0.717, 1.165) is 16.5 Å². The number of nitrogens with one attached hydrogen (secondary N) is 2. The van der Waals surface area contributed by atoms with Gasteiger partial charge in [-0.25, -0.2) is 4.39 Å². The Morgan fingerprint density at radius 1 is 1.22 bits per heavy atom. The number of aliphatic hydroxyl groups is 1. The average Bonchev–Trinajstić information content (AvgIpc) is 2.76. The monoisotopic (exact) mass is 434 g/mol. The summed E-state index contributed by atoms with van der Waals surface area (Å²) >= 11 is 0. The molecule has 6 nitrogen and oxygen atoms in total. The summed E-state index contributed by atoms with van der Waals surface area (Å²) < 4.78 is 14.1. The summed E-state index contributed by atoms with van der Waals surface area (Å²) in [5, 5.41) is 25.6. The van der Waals surface area contributed by atoms with E-state index in [2.05, 4.69) is 21.7 Å². The molecule has 1 heterocycles. The van der Waals surface area contributed by atoms with Crippen LogP contribution in [0, 0.1) is 11.3 Å². The molecule has 3 N–H and O–H groups in total. The lowest BCUT2D eigenvalue weighted by Crippen LogP contribution is -2.42. The van der Waals surface area contributed by atoms with E-state index in [9.17, 15) is 19.6 Å². The Hall–Kier alpha value is -3.50. The van der Waals surface area contributed by atoms with Crippen LogP contribution >= 0.6 is 0 Å². The van der Waals surface area contributed by atoms with E-state index >= 15 is 0 Å². The van der Waals surface area contributed by atoms with Crippen LogP contribution in [0.1, 0.15) is 43.6 Å². The first-order valence-electron chi connectivity index (χ1n) is 10.4. The summed E-state index contributed by atoms with van der Waals surface area (Å²) in [7, 11) is 0. The molecule has 0 aliphatic rings. The number of nitriles is 1. The zero-order valence-corrected chi connectivity index (χ0v) is 18.6. The number of hydrogen-bond donors (Lipinski definition) is 3. The van der Waals surface area contributed by atoms with Gasteiger partial charge in [0.15, 0.2) is 0 Å². The second kappa shape index (κ2) is 9.33. The maximum atomic E-state index is 14.1. The number of anilines is 1. The number of nitrogens with zero attached hydrogens (tertiary/aromatic N) is 2. The van der Waals surface area contributed by atoms with Crippen molar-refractivity contribution in [3.05, 3.63) is 59.8 Å². The smallest absolute Gasteiger partial charge is 0.255 e. The number of benzene rings is 2. The van der Waals surface area contributed by atoms with Gasteiger partial charge in [-0.1, -0.05) is 18.2 Å². The molecule has 0 bridgehead atoms. The summed E-state index contributed by atoms with van der Waals surface area (Å²) in [5.74, 6) is -0.480. The summed E-state index contributed by atoms with van der Waals surface area (Å²) in [5.41, 5.74) is 2.34. The van der Waals surface area contributed by atoms with Gasteiger partial charge >= 0.3 is 0 Å². The molecular formula is C25H27FN4O2. The minimum atomic E-state index is -1.61. The van der Waals surface area contributed by atoms with E-state index < -0.39 is 17.7 Å². The van der Waals surface area contributed by atoms with Crippen LogP contribution in [-0.4, -0.2) is 40.4 Å². The quantitative estimate of drug-likeness (QED) is 0.511. The van der Waals surface area contributed by atoms with E-state index in [-0.39, 0.29) is 18.2 Å². The summed E-state index contributed by atoms with van der Waals surface area (Å²) in [6.45, 7) is 6.31. The molecule has 0 radical (unpaired) electrons. The molecule has 3 rings (SSSR count). The number of halogens is 1. The van der Waals surface area contributed by atoms with Crippen LogP contribution in [0.5, 0.6) is 0 Å². The molecule has 7 heteroatoms. The van der Waals surface area contributed by atoms with Gasteiger partial charge in [-0.05, 0) is 63.1 Å². The first kappa shape index (κ1) is 23.2. The Morgan fingerprint density at radius 3 is 2.59 bits per heavy atom. The van der Waals surface area contributed by atoms with Crippen LogP contribution in [0.4, 0.5) is 10.1 Å². The van der Waals surface area contributed by atoms with Crippen molar-refractivity contribution < 1.29 is 14.3 Å². The molecule has 166 valence electrons. The average molecular weight is 435 g/mol. The minimum absolute atomic E-state index is 0.0306. The number of carbonyl (C=O) groups is 1. The third kappa shape index (κ3) is 5.21. The van der Waals surface area contributed by atoms with Crippen LogP contribution in [0.3, 0.4) is 0 Å². The standard InChI is InChI=1S/C25H27FN4O2/c1-15(2)30-23-19-11-18(17-7-5-6-16(10-17)12-27)8-9-21(19)28-13-20(23)24(31)29-14-22(26)25(3,4)32/h5-11,13,15,22,32H,14H2,1-4H3,(H,28,30)(H,29,31)/t22-/m1/s1. The fourth-order valence-electron chi connectivity index (χ4n) is 3.28. The lowest BCUT2D eigenvalue weighted by molar-refractivity contribution is -0.00177. The van der Waals surface area contributed by atoms with Crippen LogP contribution in [0.25, 0.3) is 22.0 Å². The maximum Gasteiger partial charge on any atom is 0.255 e. The van der Waals surface area contributed by atoms with E-state index in [1.54, 1.807) is 12.1 Å². The van der Waals surface area contributed by atoms with Crippen molar-refractivity contribution in [2.75, 3.05) is 11.9 Å². The Balaban J connectivity index is 2.05. The highest BCUT2D eigenvalue weighted by molar-refractivity contribution is 6.07. The van der Waals surface area contributed by atoms with Gasteiger partial charge in [-0.15, -0.1) is 0 Å². The largest absolute Gasteiger partial charge is 0.387 e. The van der Waals surface area contributed by atoms with Gasteiger partial charge in [0.25, 0.3) is 5.91 Å². The minimum Gasteiger partial charge on any atom is -0.387 e. The number of fused-ring (bicyclic) bond motifs is 1. The van der Waals surface area contributed by atoms with Gasteiger partial charge in [-0.2, -0.15) is 5.26 Å². The van der Waals surface area contributed by atoms with E-state index in [0.29, 0.717) is 16.8 Å². The Morgan fingerprint density at radius 2 is 1.94 bits per heavy atom. The van der Waals surface area contributed by atoms with Crippen LogP contribution < -0.4 is 10.6 Å². The van der Waals surface area contributed by atoms with Crippen LogP contribution in [0.2, 0.25) is 0 Å². The first-order valence-corrected chi connectivity index (χ1v) is 10.4. The zero-order chi connectivity index (χ0) is 23.5. The van der Waals surface area contributed by atoms with Crippen molar-refractivity contribution in [1.29, 1.82) is 5.26 Å². The Kier molecular flexibility index (Phi) is 6.75. The molecule has 0 spiro atoms. The van der Waals surface area contributed by atoms with Crippen LogP contribution in [-0.2, 0) is 0 Å². The SMILES string of the molecule is CC(C)Nc1c(C(=O)NC[C@@H](F)C(C)(C)O)cnc2ccc(-c3cccc(C#N)c3)cc12. The fourth-order valence-corrected chi connectivity index (χ4v) is 3.28. The highest BCUT2D eigenvalue weighted by Crippen LogP contribution is 2.31. The fraction of sp³-hybridized carbons (Fsp3) is 0.320. The number of carbonyl (C=O) groups excluding carboxylic acids is 1. The lowest BCUT2D eigenvalue weighted by Gasteiger charge is -2.23. The molecular weight excluding hydrogens is 407 g/mol. The molecule has 2 aromatic carbocycles. The molecule has 1 aromatic heterocycles. The van der Waals surface area contributed by atoms with Gasteiger partial charge in [0.2, 0.25) is 0 Å². The number of hydrogen-bond acceptors (Lipinski definition) is 5. The third-order valence-electron chi connectivity index (χ3n) is 5.08. The summed E-state index contributed by atoms with van der Waals surface area (Å²) in [4.78, 5) is 17.3. The highest BCUT2D eigenvalue weighted by Gasteiger charge is 2.27. The first-order chi connectivity index (χ1) is 15.1. The normalized spacial score (nSPS) is 12.4. The summed E-state index contributed by atoms with van der Waals surface area (Å²) in [6.07, 6.45) is -0.143. The maximum absolute atomic E-state index is 14.1. The Bertz CT molecular complexity index is 1180. The molecule has 0 saturated heterocycles. The van der Waals surface area contributed by atoms with Gasteiger partial charge in [0, 0.05) is 17.6 Å². The van der Waals surface area contributed by atoms with Gasteiger partial charge in [0.05, 0.1) is 40.5 Å². The molecule has 0 unspecified atom stereocenters. The number of pyridine rings is 1. The second-order valence-electron chi connectivity index (χ2n) is 8.60. The predicted octanol–water partition coefficient (Wildman–Crippen LogP) is 4.43. The van der Waals surface area contributed by atoms with Crippen molar-refractivity contribution in [3.8, 4) is 17.2 Å². The van der Waals surface area contributed by atoms with Crippen molar-refractivity contribution in [2.24, 2.45) is 0 Å². The molecule has 3 aromatic rings. The molecule has 0 aliphatic heterocycles. The summed E-state index contributed by atoms with van der Waals surface area (Å²) in [6, 6.07) is 15.2. The lowest BCUT2D eigenvalue weighted by atomic mass is 9.99. The van der Waals surface area contributed by atoms with Crippen molar-refractivity contribution in [1.82, 2.24) is 10.3 Å². The molecule has 1 atom stereocenters. The Labute approximate surface area is 187 Å². The molecule has 0 fully saturated rings. The van der Waals surface area contributed by atoms with Gasteiger partial charge in [-0.3, -0.25) is 9.78 Å². The number of amides is 1. The van der Waals surface area contributed by atoms with E-state index in [1.165, 1.54) is 20.0 Å². The van der Waals surface area contributed by atoms with Crippen molar-refractivity contribution in [2.45, 2.75) is 45.5 Å².